The standard InChI is InChI=1S/C19H29N3O2/c1-19(2,3)17(11-12-22(4)5)20-18(23)15-13-16(24-21-15)14-9-7-6-8-10-14/h6-10,16-17H,11-13H2,1-5H3,(H,20,23). The molecule has 5 heteroatoms. The van der Waals surface area contributed by atoms with Crippen LogP contribution in [0.1, 0.15) is 45.3 Å². The lowest BCUT2D eigenvalue weighted by Crippen LogP contribution is -2.47. The Balaban J connectivity index is 1.95. The van der Waals surface area contributed by atoms with Crippen LogP contribution in [0.15, 0.2) is 35.5 Å². The number of hydrogen-bond acceptors (Lipinski definition) is 4. The van der Waals surface area contributed by atoms with E-state index < -0.39 is 0 Å². The molecule has 0 saturated heterocycles. The smallest absolute Gasteiger partial charge is 0.269 e. The van der Waals surface area contributed by atoms with E-state index in [0.717, 1.165) is 18.5 Å². The molecule has 1 N–H and O–H groups in total. The van der Waals surface area contributed by atoms with E-state index in [2.05, 4.69) is 36.1 Å². The fourth-order valence-electron chi connectivity index (χ4n) is 2.71. The molecule has 2 atom stereocenters. The molecule has 132 valence electrons. The number of oxime groups is 1. The van der Waals surface area contributed by atoms with Gasteiger partial charge in [0.1, 0.15) is 5.71 Å². The van der Waals surface area contributed by atoms with Crippen LogP contribution in [0.3, 0.4) is 0 Å². The molecule has 0 bridgehead atoms. The van der Waals surface area contributed by atoms with Gasteiger partial charge >= 0.3 is 0 Å². The molecule has 2 rings (SSSR count). The molecule has 1 amide bonds. The lowest BCUT2D eigenvalue weighted by Gasteiger charge is -2.32. The van der Waals surface area contributed by atoms with E-state index in [1.54, 1.807) is 0 Å². The highest BCUT2D eigenvalue weighted by Gasteiger charge is 2.31. The summed E-state index contributed by atoms with van der Waals surface area (Å²) in [5, 5.41) is 7.17. The number of benzene rings is 1. The van der Waals surface area contributed by atoms with Gasteiger partial charge in [0.15, 0.2) is 6.10 Å². The maximum absolute atomic E-state index is 12.6. The Hall–Kier alpha value is -1.88. The molecular weight excluding hydrogens is 302 g/mol. The highest BCUT2D eigenvalue weighted by molar-refractivity contribution is 6.39. The average molecular weight is 331 g/mol. The van der Waals surface area contributed by atoms with Crippen molar-refractivity contribution < 1.29 is 9.63 Å². The Labute approximate surface area is 145 Å². The van der Waals surface area contributed by atoms with E-state index in [9.17, 15) is 4.79 Å². The summed E-state index contributed by atoms with van der Waals surface area (Å²) in [5.74, 6) is -0.118. The number of amides is 1. The van der Waals surface area contributed by atoms with Crippen LogP contribution in [0.5, 0.6) is 0 Å². The third-order valence-electron chi connectivity index (χ3n) is 4.32. The first-order valence-electron chi connectivity index (χ1n) is 8.50. The molecule has 1 aliphatic heterocycles. The van der Waals surface area contributed by atoms with Gasteiger partial charge in [-0.1, -0.05) is 56.3 Å². The Morgan fingerprint density at radius 3 is 2.58 bits per heavy atom. The van der Waals surface area contributed by atoms with E-state index in [-0.39, 0.29) is 23.5 Å². The van der Waals surface area contributed by atoms with Gasteiger partial charge in [-0.2, -0.15) is 0 Å². The molecule has 1 aromatic rings. The molecule has 1 heterocycles. The summed E-state index contributed by atoms with van der Waals surface area (Å²) >= 11 is 0. The number of hydrogen-bond donors (Lipinski definition) is 1. The Morgan fingerprint density at radius 2 is 2.00 bits per heavy atom. The van der Waals surface area contributed by atoms with Gasteiger partial charge < -0.3 is 15.1 Å². The summed E-state index contributed by atoms with van der Waals surface area (Å²) in [7, 11) is 4.09. The summed E-state index contributed by atoms with van der Waals surface area (Å²) in [6.45, 7) is 7.37. The highest BCUT2D eigenvalue weighted by Crippen LogP contribution is 2.28. The summed E-state index contributed by atoms with van der Waals surface area (Å²) in [6.07, 6.45) is 1.25. The lowest BCUT2D eigenvalue weighted by molar-refractivity contribution is -0.116. The minimum atomic E-state index is -0.165. The van der Waals surface area contributed by atoms with Gasteiger partial charge in [-0.05, 0) is 38.0 Å². The zero-order chi connectivity index (χ0) is 17.7. The normalized spacial score (nSPS) is 18.9. The zero-order valence-electron chi connectivity index (χ0n) is 15.4. The van der Waals surface area contributed by atoms with Crippen LogP contribution in [0, 0.1) is 5.41 Å². The van der Waals surface area contributed by atoms with E-state index >= 15 is 0 Å². The largest absolute Gasteiger partial charge is 0.387 e. The van der Waals surface area contributed by atoms with Crippen molar-refractivity contribution in [3.63, 3.8) is 0 Å². The maximum atomic E-state index is 12.6. The summed E-state index contributed by atoms with van der Waals surface area (Å²) in [6, 6.07) is 9.98. The van der Waals surface area contributed by atoms with Crippen molar-refractivity contribution in [1.82, 2.24) is 10.2 Å². The molecule has 1 aliphatic rings. The van der Waals surface area contributed by atoms with Crippen molar-refractivity contribution >= 4 is 11.6 Å². The van der Waals surface area contributed by atoms with Crippen molar-refractivity contribution in [3.8, 4) is 0 Å². The molecule has 0 aliphatic carbocycles. The first-order valence-corrected chi connectivity index (χ1v) is 8.50. The van der Waals surface area contributed by atoms with Crippen molar-refractivity contribution in [2.24, 2.45) is 10.6 Å². The molecule has 0 fully saturated rings. The number of carbonyl (C=O) groups excluding carboxylic acids is 1. The monoisotopic (exact) mass is 331 g/mol. The molecular formula is C19H29N3O2. The second-order valence-corrected chi connectivity index (χ2v) is 7.73. The zero-order valence-corrected chi connectivity index (χ0v) is 15.4. The van der Waals surface area contributed by atoms with Crippen molar-refractivity contribution in [2.75, 3.05) is 20.6 Å². The Morgan fingerprint density at radius 1 is 1.33 bits per heavy atom. The number of nitrogens with one attached hydrogen (secondary N) is 1. The SMILES string of the molecule is CN(C)CCC(NC(=O)C1=NOC(c2ccccc2)C1)C(C)(C)C. The summed E-state index contributed by atoms with van der Waals surface area (Å²) in [5.41, 5.74) is 1.51. The fraction of sp³-hybridized carbons (Fsp3) is 0.579. The van der Waals surface area contributed by atoms with Crippen LogP contribution in [0.2, 0.25) is 0 Å². The predicted octanol–water partition coefficient (Wildman–Crippen LogP) is 2.99. The average Bonchev–Trinajstić information content (AvgIpc) is 3.00. The van der Waals surface area contributed by atoms with Gasteiger partial charge in [-0.15, -0.1) is 0 Å². The summed E-state index contributed by atoms with van der Waals surface area (Å²) in [4.78, 5) is 20.2. The van der Waals surface area contributed by atoms with Crippen LogP contribution < -0.4 is 5.32 Å². The van der Waals surface area contributed by atoms with E-state index in [1.165, 1.54) is 0 Å². The van der Waals surface area contributed by atoms with Gasteiger partial charge in [0, 0.05) is 12.5 Å². The fourth-order valence-corrected chi connectivity index (χ4v) is 2.71. The van der Waals surface area contributed by atoms with Gasteiger partial charge in [0.2, 0.25) is 0 Å². The van der Waals surface area contributed by atoms with Gasteiger partial charge in [-0.25, -0.2) is 0 Å². The molecule has 0 aromatic heterocycles. The molecule has 1 aromatic carbocycles. The number of nitrogens with zero attached hydrogens (tertiary/aromatic N) is 2. The van der Waals surface area contributed by atoms with Crippen molar-refractivity contribution in [1.29, 1.82) is 0 Å². The van der Waals surface area contributed by atoms with Gasteiger partial charge in [0.05, 0.1) is 0 Å². The molecule has 5 nitrogen and oxygen atoms in total. The maximum Gasteiger partial charge on any atom is 0.269 e. The Bertz CT molecular complexity index is 576. The molecule has 0 spiro atoms. The molecule has 0 radical (unpaired) electrons. The second kappa shape index (κ2) is 7.79. The first-order chi connectivity index (χ1) is 11.3. The minimum Gasteiger partial charge on any atom is -0.387 e. The lowest BCUT2D eigenvalue weighted by atomic mass is 9.84. The topological polar surface area (TPSA) is 53.9 Å². The highest BCUT2D eigenvalue weighted by atomic mass is 16.6. The number of rotatable bonds is 6. The third kappa shape index (κ3) is 5.06. The second-order valence-electron chi connectivity index (χ2n) is 7.73. The minimum absolute atomic E-state index is 0.00940. The van der Waals surface area contributed by atoms with E-state index in [4.69, 9.17) is 4.84 Å². The van der Waals surface area contributed by atoms with E-state index in [0.29, 0.717) is 12.1 Å². The molecule has 0 saturated carbocycles. The van der Waals surface area contributed by atoms with Crippen LogP contribution >= 0.6 is 0 Å². The van der Waals surface area contributed by atoms with Gasteiger partial charge in [-0.3, -0.25) is 4.79 Å². The quantitative estimate of drug-likeness (QED) is 0.872. The first kappa shape index (κ1) is 18.5. The predicted molar refractivity (Wildman–Crippen MR) is 96.9 cm³/mol. The van der Waals surface area contributed by atoms with Crippen LogP contribution in [0.4, 0.5) is 0 Å². The van der Waals surface area contributed by atoms with Crippen LogP contribution in [0.25, 0.3) is 0 Å². The summed E-state index contributed by atoms with van der Waals surface area (Å²) < 4.78 is 0. The molecule has 24 heavy (non-hydrogen) atoms. The Kier molecular flexibility index (Phi) is 5.99. The van der Waals surface area contributed by atoms with Crippen LogP contribution in [-0.2, 0) is 9.63 Å². The van der Waals surface area contributed by atoms with Crippen LogP contribution in [-0.4, -0.2) is 43.2 Å². The number of carbonyl (C=O) groups is 1. The third-order valence-corrected chi connectivity index (χ3v) is 4.32. The van der Waals surface area contributed by atoms with Crippen molar-refractivity contribution in [2.45, 2.75) is 45.8 Å². The molecule has 2 unspecified atom stereocenters. The van der Waals surface area contributed by atoms with Crippen molar-refractivity contribution in [3.05, 3.63) is 35.9 Å². The van der Waals surface area contributed by atoms with E-state index in [1.807, 2.05) is 44.4 Å². The van der Waals surface area contributed by atoms with Gasteiger partial charge in [0.25, 0.3) is 5.91 Å².